The first-order valence-corrected chi connectivity index (χ1v) is 15.9. The second-order valence-corrected chi connectivity index (χ2v) is 12.1. The zero-order chi connectivity index (χ0) is 31.2. The van der Waals surface area contributed by atoms with E-state index in [0.717, 1.165) is 39.1 Å². The normalized spacial score (nSPS) is 19.7. The molecular weight excluding hydrogens is 586 g/mol. The lowest BCUT2D eigenvalue weighted by molar-refractivity contribution is -0.268. The van der Waals surface area contributed by atoms with Gasteiger partial charge in [-0.15, -0.1) is 5.10 Å². The third-order valence-corrected chi connectivity index (χ3v) is 8.93. The first-order chi connectivity index (χ1) is 22.0. The third-order valence-electron chi connectivity index (χ3n) is 7.93. The summed E-state index contributed by atoms with van der Waals surface area (Å²) >= 11 is 1.55. The Morgan fingerprint density at radius 1 is 0.889 bits per heavy atom. The second-order valence-electron chi connectivity index (χ2n) is 11.1. The van der Waals surface area contributed by atoms with Crippen molar-refractivity contribution in [2.75, 3.05) is 5.75 Å². The summed E-state index contributed by atoms with van der Waals surface area (Å²) in [7, 11) is 0. The van der Waals surface area contributed by atoms with Crippen LogP contribution < -0.4 is 5.32 Å². The standard InChI is InChI=1S/C35H35N5O4S/c1-23-32(22-45-35-37-38-39-40(35)31-9-4-3-5-10-31)43-34(44-33(23)28-13-11-25(21-41)12-14-28)29-17-15-27(16-18-29)30-8-6-7-26(19-30)20-36-24(2)42/h3-19,23,32-34,41H,20-22H2,1-2H3,(H,36,42). The Bertz CT molecular complexity index is 1710. The number of amides is 1. The van der Waals surface area contributed by atoms with Crippen molar-refractivity contribution in [1.82, 2.24) is 25.5 Å². The number of rotatable bonds is 10. The summed E-state index contributed by atoms with van der Waals surface area (Å²) in [6, 6.07) is 34.1. The highest BCUT2D eigenvalue weighted by Gasteiger charge is 2.38. The van der Waals surface area contributed by atoms with E-state index in [2.05, 4.69) is 52.0 Å². The van der Waals surface area contributed by atoms with E-state index < -0.39 is 6.29 Å². The van der Waals surface area contributed by atoms with Crippen LogP contribution in [0.25, 0.3) is 16.8 Å². The monoisotopic (exact) mass is 621 g/mol. The molecule has 4 unspecified atom stereocenters. The van der Waals surface area contributed by atoms with Crippen LogP contribution in [0.5, 0.6) is 0 Å². The third kappa shape index (κ3) is 7.32. The van der Waals surface area contributed by atoms with Gasteiger partial charge in [0.05, 0.1) is 24.5 Å². The largest absolute Gasteiger partial charge is 0.392 e. The van der Waals surface area contributed by atoms with Gasteiger partial charge in [0, 0.05) is 30.7 Å². The van der Waals surface area contributed by atoms with Gasteiger partial charge in [0.2, 0.25) is 11.1 Å². The van der Waals surface area contributed by atoms with Crippen LogP contribution in [0.2, 0.25) is 0 Å². The lowest BCUT2D eigenvalue weighted by atomic mass is 9.91. The van der Waals surface area contributed by atoms with Gasteiger partial charge in [-0.1, -0.05) is 104 Å². The number of carbonyl (C=O) groups is 1. The van der Waals surface area contributed by atoms with E-state index in [9.17, 15) is 9.90 Å². The van der Waals surface area contributed by atoms with Crippen molar-refractivity contribution in [2.24, 2.45) is 5.92 Å². The smallest absolute Gasteiger partial charge is 0.217 e. The van der Waals surface area contributed by atoms with Gasteiger partial charge >= 0.3 is 0 Å². The molecule has 2 N–H and O–H groups in total. The summed E-state index contributed by atoms with van der Waals surface area (Å²) < 4.78 is 15.0. The summed E-state index contributed by atoms with van der Waals surface area (Å²) in [5.41, 5.74) is 6.86. The molecule has 2 heterocycles. The first-order valence-electron chi connectivity index (χ1n) is 14.9. The molecule has 1 fully saturated rings. The number of nitrogens with one attached hydrogen (secondary N) is 1. The van der Waals surface area contributed by atoms with Gasteiger partial charge in [0.15, 0.2) is 6.29 Å². The quantitative estimate of drug-likeness (QED) is 0.182. The molecule has 230 valence electrons. The molecule has 0 radical (unpaired) electrons. The van der Waals surface area contributed by atoms with E-state index in [1.54, 1.807) is 16.4 Å². The Kier molecular flexibility index (Phi) is 9.66. The number of aromatic nitrogens is 4. The van der Waals surface area contributed by atoms with Crippen molar-refractivity contribution in [2.45, 2.75) is 50.7 Å². The number of benzene rings is 4. The Morgan fingerprint density at radius 3 is 2.38 bits per heavy atom. The number of aliphatic hydroxyl groups excluding tert-OH is 1. The van der Waals surface area contributed by atoms with Gasteiger partial charge in [0.25, 0.3) is 0 Å². The number of tetrazole rings is 1. The van der Waals surface area contributed by atoms with Crippen LogP contribution in [-0.4, -0.2) is 43.1 Å². The number of ether oxygens (including phenoxy) is 2. The Morgan fingerprint density at radius 2 is 1.64 bits per heavy atom. The van der Waals surface area contributed by atoms with Gasteiger partial charge in [0.1, 0.15) is 0 Å². The molecule has 6 rings (SSSR count). The predicted molar refractivity (Wildman–Crippen MR) is 172 cm³/mol. The molecule has 4 aromatic carbocycles. The van der Waals surface area contributed by atoms with Crippen LogP contribution in [-0.2, 0) is 27.4 Å². The van der Waals surface area contributed by atoms with Crippen molar-refractivity contribution in [3.8, 4) is 16.8 Å². The zero-order valence-corrected chi connectivity index (χ0v) is 25.9. The molecule has 0 saturated carbocycles. The number of thioether (sulfide) groups is 1. The van der Waals surface area contributed by atoms with E-state index in [4.69, 9.17) is 9.47 Å². The van der Waals surface area contributed by atoms with Crippen LogP contribution >= 0.6 is 11.8 Å². The van der Waals surface area contributed by atoms with Gasteiger partial charge < -0.3 is 19.9 Å². The van der Waals surface area contributed by atoms with Gasteiger partial charge in [-0.05, 0) is 56.4 Å². The fourth-order valence-corrected chi connectivity index (χ4v) is 6.44. The molecule has 1 aromatic heterocycles. The summed E-state index contributed by atoms with van der Waals surface area (Å²) in [6.45, 7) is 4.14. The summed E-state index contributed by atoms with van der Waals surface area (Å²) in [6.07, 6.45) is -0.973. The highest BCUT2D eigenvalue weighted by atomic mass is 32.2. The maximum absolute atomic E-state index is 11.4. The number of para-hydroxylation sites is 1. The number of aliphatic hydroxyl groups is 1. The summed E-state index contributed by atoms with van der Waals surface area (Å²) in [4.78, 5) is 11.4. The number of carbonyl (C=O) groups excluding carboxylic acids is 1. The lowest BCUT2D eigenvalue weighted by Crippen LogP contribution is -2.38. The fraction of sp³-hybridized carbons (Fsp3) is 0.257. The topological polar surface area (TPSA) is 111 Å². The van der Waals surface area contributed by atoms with E-state index in [-0.39, 0.29) is 30.6 Å². The average molecular weight is 622 g/mol. The Hall–Kier alpha value is -4.35. The molecule has 1 saturated heterocycles. The van der Waals surface area contributed by atoms with Crippen LogP contribution in [0.1, 0.15) is 48.5 Å². The SMILES string of the molecule is CC(=O)NCc1cccc(-c2ccc(C3OC(CSc4nnnn4-c4ccccc4)C(C)C(c4ccc(CO)cc4)O3)cc2)c1. The van der Waals surface area contributed by atoms with E-state index in [1.165, 1.54) is 6.92 Å². The number of hydrogen-bond donors (Lipinski definition) is 2. The highest BCUT2D eigenvalue weighted by molar-refractivity contribution is 7.99. The maximum atomic E-state index is 11.4. The fourth-order valence-electron chi connectivity index (χ4n) is 5.39. The highest BCUT2D eigenvalue weighted by Crippen LogP contribution is 2.43. The van der Waals surface area contributed by atoms with Gasteiger partial charge in [-0.2, -0.15) is 4.68 Å². The second kappa shape index (κ2) is 14.2. The minimum absolute atomic E-state index is 0.00894. The zero-order valence-electron chi connectivity index (χ0n) is 25.1. The minimum Gasteiger partial charge on any atom is -0.392 e. The summed E-state index contributed by atoms with van der Waals surface area (Å²) in [5.74, 6) is 0.597. The number of nitrogens with zero attached hydrogens (tertiary/aromatic N) is 4. The van der Waals surface area contributed by atoms with E-state index in [0.29, 0.717) is 17.5 Å². The van der Waals surface area contributed by atoms with Crippen molar-refractivity contribution < 1.29 is 19.4 Å². The van der Waals surface area contributed by atoms with Crippen molar-refractivity contribution in [3.63, 3.8) is 0 Å². The average Bonchev–Trinajstić information content (AvgIpc) is 3.56. The first kappa shape index (κ1) is 30.7. The summed E-state index contributed by atoms with van der Waals surface area (Å²) in [5, 5.41) is 25.5. The Balaban J connectivity index is 1.23. The van der Waals surface area contributed by atoms with Crippen LogP contribution in [0.15, 0.2) is 108 Å². The molecule has 45 heavy (non-hydrogen) atoms. The molecule has 0 aliphatic carbocycles. The van der Waals surface area contributed by atoms with Gasteiger partial charge in [-0.25, -0.2) is 0 Å². The van der Waals surface area contributed by atoms with E-state index in [1.807, 2.05) is 78.9 Å². The molecule has 0 spiro atoms. The van der Waals surface area contributed by atoms with Crippen LogP contribution in [0.4, 0.5) is 0 Å². The number of hydrogen-bond acceptors (Lipinski definition) is 8. The minimum atomic E-state index is -0.584. The Labute approximate surface area is 266 Å². The van der Waals surface area contributed by atoms with Crippen molar-refractivity contribution in [3.05, 3.63) is 125 Å². The van der Waals surface area contributed by atoms with Crippen molar-refractivity contribution in [1.29, 1.82) is 0 Å². The molecule has 0 bridgehead atoms. The molecule has 10 heteroatoms. The molecule has 1 amide bonds. The molecule has 9 nitrogen and oxygen atoms in total. The van der Waals surface area contributed by atoms with E-state index >= 15 is 0 Å². The maximum Gasteiger partial charge on any atom is 0.217 e. The molecule has 4 atom stereocenters. The molecular formula is C35H35N5O4S. The predicted octanol–water partition coefficient (Wildman–Crippen LogP) is 6.04. The van der Waals surface area contributed by atoms with Crippen LogP contribution in [0.3, 0.4) is 0 Å². The molecule has 1 aliphatic rings. The van der Waals surface area contributed by atoms with Crippen LogP contribution in [0, 0.1) is 5.92 Å². The molecule has 1 aliphatic heterocycles. The van der Waals surface area contributed by atoms with Crippen molar-refractivity contribution >= 4 is 17.7 Å². The van der Waals surface area contributed by atoms with Gasteiger partial charge in [-0.3, -0.25) is 4.79 Å². The molecule has 5 aromatic rings. The lowest BCUT2D eigenvalue weighted by Gasteiger charge is -2.41.